The molecule has 2 unspecified atom stereocenters. The lowest BCUT2D eigenvalue weighted by molar-refractivity contribution is -0.147. The Kier molecular flexibility index (Phi) is 7.02. The van der Waals surface area contributed by atoms with E-state index in [0.717, 1.165) is 23.3 Å². The molecule has 0 aliphatic heterocycles. The van der Waals surface area contributed by atoms with Crippen LogP contribution < -0.4 is 5.73 Å². The van der Waals surface area contributed by atoms with E-state index in [2.05, 4.69) is 0 Å². The Morgan fingerprint density at radius 1 is 1.35 bits per heavy atom. The average molecular weight is 311 g/mol. The van der Waals surface area contributed by atoms with Gasteiger partial charge in [-0.1, -0.05) is 43.4 Å². The van der Waals surface area contributed by atoms with Gasteiger partial charge in [-0.25, -0.2) is 0 Å². The van der Waals surface area contributed by atoms with Crippen molar-refractivity contribution in [3.63, 3.8) is 0 Å². The summed E-state index contributed by atoms with van der Waals surface area (Å²) >= 11 is 6.47. The van der Waals surface area contributed by atoms with Crippen LogP contribution in [0.2, 0.25) is 0 Å². The van der Waals surface area contributed by atoms with E-state index in [4.69, 9.17) is 22.7 Å². The van der Waals surface area contributed by atoms with Crippen LogP contribution in [0.5, 0.6) is 0 Å². The van der Waals surface area contributed by atoms with Gasteiger partial charge < -0.3 is 10.5 Å². The monoisotopic (exact) mass is 311 g/mol. The zero-order chi connectivity index (χ0) is 15.1. The molecule has 20 heavy (non-hydrogen) atoms. The maximum absolute atomic E-state index is 11.8. The Hall–Kier alpha value is -1.07. The normalized spacial score (nSPS) is 13.6. The number of nitrogens with two attached hydrogens (primary N) is 1. The van der Waals surface area contributed by atoms with Crippen LogP contribution in [0.4, 0.5) is 0 Å². The van der Waals surface area contributed by atoms with Crippen molar-refractivity contribution in [1.82, 2.24) is 0 Å². The summed E-state index contributed by atoms with van der Waals surface area (Å²) in [7, 11) is 0. The van der Waals surface area contributed by atoms with Crippen molar-refractivity contribution in [2.75, 3.05) is 0 Å². The predicted octanol–water partition coefficient (Wildman–Crippen LogP) is 3.28. The fourth-order valence-corrected chi connectivity index (χ4v) is 2.39. The van der Waals surface area contributed by atoms with Gasteiger partial charge in [0.25, 0.3) is 0 Å². The molecule has 0 radical (unpaired) electrons. The van der Waals surface area contributed by atoms with Crippen LogP contribution in [0.3, 0.4) is 0 Å². The van der Waals surface area contributed by atoms with Gasteiger partial charge in [0, 0.05) is 11.3 Å². The number of esters is 1. The first-order chi connectivity index (χ1) is 9.43. The number of rotatable bonds is 7. The Morgan fingerprint density at radius 3 is 2.45 bits per heavy atom. The standard InChI is InChI=1S/C15H21NO2S2/c1-4-10(2)18-15(17)11(3)20-9-12-5-7-13(8-6-12)14(16)19/h5-8,10-11H,4,9H2,1-3H3,(H2,16,19). The third kappa shape index (κ3) is 5.51. The summed E-state index contributed by atoms with van der Waals surface area (Å²) in [6.45, 7) is 5.78. The van der Waals surface area contributed by atoms with Crippen LogP contribution in [-0.2, 0) is 15.3 Å². The SMILES string of the molecule is CCC(C)OC(=O)C(C)SCc1ccc(C(N)=S)cc1. The van der Waals surface area contributed by atoms with Crippen LogP contribution in [0.15, 0.2) is 24.3 Å². The van der Waals surface area contributed by atoms with Crippen molar-refractivity contribution in [2.24, 2.45) is 5.73 Å². The minimum atomic E-state index is -0.167. The third-order valence-electron chi connectivity index (χ3n) is 2.96. The van der Waals surface area contributed by atoms with Gasteiger partial charge in [-0.05, 0) is 25.8 Å². The maximum Gasteiger partial charge on any atom is 0.319 e. The molecular formula is C15H21NO2S2. The number of carbonyl (C=O) groups excluding carboxylic acids is 1. The van der Waals surface area contributed by atoms with Crippen LogP contribution in [0, 0.1) is 0 Å². The molecule has 110 valence electrons. The zero-order valence-corrected chi connectivity index (χ0v) is 13.7. The highest BCUT2D eigenvalue weighted by molar-refractivity contribution is 7.99. The van der Waals surface area contributed by atoms with E-state index in [0.29, 0.717) is 4.99 Å². The second kappa shape index (κ2) is 8.27. The summed E-state index contributed by atoms with van der Waals surface area (Å²) in [6, 6.07) is 7.77. The van der Waals surface area contributed by atoms with Crippen LogP contribution in [0.25, 0.3) is 0 Å². The van der Waals surface area contributed by atoms with E-state index >= 15 is 0 Å². The molecule has 0 aliphatic carbocycles. The van der Waals surface area contributed by atoms with Crippen molar-refractivity contribution < 1.29 is 9.53 Å². The Balaban J connectivity index is 2.46. The van der Waals surface area contributed by atoms with E-state index in [-0.39, 0.29) is 17.3 Å². The molecule has 0 saturated heterocycles. The van der Waals surface area contributed by atoms with E-state index in [1.807, 2.05) is 45.0 Å². The summed E-state index contributed by atoms with van der Waals surface area (Å²) in [5.74, 6) is 0.609. The molecule has 0 amide bonds. The number of carbonyl (C=O) groups is 1. The van der Waals surface area contributed by atoms with E-state index in [9.17, 15) is 4.79 Å². The third-order valence-corrected chi connectivity index (χ3v) is 4.39. The first-order valence-corrected chi connectivity index (χ1v) is 8.10. The molecule has 0 aliphatic rings. The molecule has 0 bridgehead atoms. The molecule has 2 N–H and O–H groups in total. The topological polar surface area (TPSA) is 52.3 Å². The van der Waals surface area contributed by atoms with Gasteiger partial charge in [0.15, 0.2) is 0 Å². The van der Waals surface area contributed by atoms with E-state index in [1.165, 1.54) is 0 Å². The highest BCUT2D eigenvalue weighted by atomic mass is 32.2. The highest BCUT2D eigenvalue weighted by Gasteiger charge is 2.17. The molecule has 0 saturated carbocycles. The molecule has 1 aromatic rings. The summed E-state index contributed by atoms with van der Waals surface area (Å²) in [5.41, 5.74) is 7.55. The summed E-state index contributed by atoms with van der Waals surface area (Å²) in [5, 5.41) is -0.167. The maximum atomic E-state index is 11.8. The minimum Gasteiger partial charge on any atom is -0.462 e. The predicted molar refractivity (Wildman–Crippen MR) is 88.9 cm³/mol. The van der Waals surface area contributed by atoms with Gasteiger partial charge in [0.05, 0.1) is 11.4 Å². The second-order valence-corrected chi connectivity index (χ2v) is 6.44. The molecule has 0 spiro atoms. The molecule has 1 aromatic carbocycles. The van der Waals surface area contributed by atoms with Crippen LogP contribution in [-0.4, -0.2) is 22.3 Å². The molecule has 1 rings (SSSR count). The largest absolute Gasteiger partial charge is 0.462 e. The van der Waals surface area contributed by atoms with Crippen molar-refractivity contribution in [2.45, 2.75) is 44.3 Å². The van der Waals surface area contributed by atoms with E-state index < -0.39 is 0 Å². The molecule has 0 heterocycles. The fourth-order valence-electron chi connectivity index (χ4n) is 1.43. The van der Waals surface area contributed by atoms with Crippen molar-refractivity contribution in [3.8, 4) is 0 Å². The lowest BCUT2D eigenvalue weighted by atomic mass is 10.1. The molecule has 0 aromatic heterocycles. The summed E-state index contributed by atoms with van der Waals surface area (Å²) in [4.78, 5) is 12.2. The van der Waals surface area contributed by atoms with E-state index in [1.54, 1.807) is 11.8 Å². The Bertz CT molecular complexity index is 459. The van der Waals surface area contributed by atoms with Crippen molar-refractivity contribution in [3.05, 3.63) is 35.4 Å². The van der Waals surface area contributed by atoms with Crippen molar-refractivity contribution in [1.29, 1.82) is 0 Å². The first kappa shape index (κ1) is 17.0. The van der Waals surface area contributed by atoms with Gasteiger partial charge in [-0.3, -0.25) is 4.79 Å². The number of thiocarbonyl (C=S) groups is 1. The van der Waals surface area contributed by atoms with Crippen LogP contribution >= 0.6 is 24.0 Å². The first-order valence-electron chi connectivity index (χ1n) is 6.64. The van der Waals surface area contributed by atoms with Crippen molar-refractivity contribution >= 4 is 34.9 Å². The van der Waals surface area contributed by atoms with Gasteiger partial charge in [-0.15, -0.1) is 11.8 Å². The molecular weight excluding hydrogens is 290 g/mol. The quantitative estimate of drug-likeness (QED) is 0.618. The van der Waals surface area contributed by atoms with Gasteiger partial charge >= 0.3 is 5.97 Å². The Morgan fingerprint density at radius 2 is 1.95 bits per heavy atom. The van der Waals surface area contributed by atoms with Gasteiger partial charge in [-0.2, -0.15) is 0 Å². The smallest absolute Gasteiger partial charge is 0.319 e. The summed E-state index contributed by atoms with van der Waals surface area (Å²) < 4.78 is 5.31. The van der Waals surface area contributed by atoms with Crippen LogP contribution in [0.1, 0.15) is 38.3 Å². The molecule has 5 heteroatoms. The average Bonchev–Trinajstić information content (AvgIpc) is 2.44. The molecule has 2 atom stereocenters. The molecule has 3 nitrogen and oxygen atoms in total. The number of ether oxygens (including phenoxy) is 1. The minimum absolute atomic E-state index is 0.0181. The number of thioether (sulfide) groups is 1. The lowest BCUT2D eigenvalue weighted by Gasteiger charge is -2.15. The molecule has 0 fully saturated rings. The van der Waals surface area contributed by atoms with Gasteiger partial charge in [0.2, 0.25) is 0 Å². The summed E-state index contributed by atoms with van der Waals surface area (Å²) in [6.07, 6.45) is 0.819. The Labute approximate surface area is 130 Å². The fraction of sp³-hybridized carbons (Fsp3) is 0.467. The number of hydrogen-bond donors (Lipinski definition) is 1. The number of hydrogen-bond acceptors (Lipinski definition) is 4. The zero-order valence-electron chi connectivity index (χ0n) is 12.1. The highest BCUT2D eigenvalue weighted by Crippen LogP contribution is 2.20. The number of benzene rings is 1. The van der Waals surface area contributed by atoms with Gasteiger partial charge in [0.1, 0.15) is 4.99 Å². The lowest BCUT2D eigenvalue weighted by Crippen LogP contribution is -2.22. The second-order valence-electron chi connectivity index (χ2n) is 4.67.